The van der Waals surface area contributed by atoms with Crippen molar-refractivity contribution in [1.29, 1.82) is 0 Å². The fourth-order valence-electron chi connectivity index (χ4n) is 3.32. The first-order valence-electron chi connectivity index (χ1n) is 9.73. The van der Waals surface area contributed by atoms with E-state index in [-0.39, 0.29) is 23.8 Å². The molecule has 0 saturated heterocycles. The van der Waals surface area contributed by atoms with E-state index in [1.165, 1.54) is 4.88 Å². The number of carbonyl (C=O) groups is 2. The van der Waals surface area contributed by atoms with E-state index in [0.717, 1.165) is 17.7 Å². The Balaban J connectivity index is 1.49. The third-order valence-electron chi connectivity index (χ3n) is 4.76. The van der Waals surface area contributed by atoms with E-state index in [0.29, 0.717) is 29.1 Å². The maximum absolute atomic E-state index is 12.8. The minimum Gasteiger partial charge on any atom is -0.466 e. The molecule has 4 rings (SSSR count). The fraction of sp³-hybridized carbons (Fsp3) is 0.273. The summed E-state index contributed by atoms with van der Waals surface area (Å²) >= 11 is 1.63. The Labute approximate surface area is 182 Å². The molecular formula is C22H21N3O5S. The molecule has 0 radical (unpaired) electrons. The van der Waals surface area contributed by atoms with Gasteiger partial charge in [0.05, 0.1) is 22.3 Å². The van der Waals surface area contributed by atoms with Gasteiger partial charge in [-0.1, -0.05) is 11.2 Å². The van der Waals surface area contributed by atoms with E-state index < -0.39 is 5.97 Å². The van der Waals surface area contributed by atoms with Crippen LogP contribution >= 0.6 is 11.3 Å². The third kappa shape index (κ3) is 4.51. The number of carbonyl (C=O) groups excluding carboxylic acids is 2. The Kier molecular flexibility index (Phi) is 5.85. The van der Waals surface area contributed by atoms with Gasteiger partial charge in [-0.3, -0.25) is 4.79 Å². The number of nitrogens with zero attached hydrogens (tertiary/aromatic N) is 2. The number of nitrogens with one attached hydrogen (secondary N) is 1. The number of aromatic nitrogens is 2. The summed E-state index contributed by atoms with van der Waals surface area (Å²) in [6, 6.07) is 7.42. The summed E-state index contributed by atoms with van der Waals surface area (Å²) in [7, 11) is 0. The third-order valence-corrected chi connectivity index (χ3v) is 5.70. The molecule has 4 aromatic rings. The summed E-state index contributed by atoms with van der Waals surface area (Å²) in [5.74, 6) is 0.390. The SMILES string of the molecule is Cc1cc(-c2cc(C(=O)OCC(=O)NCCc3cccs3)c3c(C)noc3n2)c(C)o1. The van der Waals surface area contributed by atoms with E-state index in [1.54, 1.807) is 24.3 Å². The number of rotatable bonds is 7. The normalized spacial score (nSPS) is 11.1. The maximum atomic E-state index is 12.8. The predicted octanol–water partition coefficient (Wildman–Crippen LogP) is 3.99. The zero-order chi connectivity index (χ0) is 22.0. The number of thiophene rings is 1. The number of furan rings is 1. The van der Waals surface area contributed by atoms with Gasteiger partial charge in [0.25, 0.3) is 11.6 Å². The van der Waals surface area contributed by atoms with E-state index in [9.17, 15) is 9.59 Å². The zero-order valence-corrected chi connectivity index (χ0v) is 18.2. The zero-order valence-electron chi connectivity index (χ0n) is 17.4. The number of fused-ring (bicyclic) bond motifs is 1. The van der Waals surface area contributed by atoms with Crippen molar-refractivity contribution >= 4 is 34.3 Å². The highest BCUT2D eigenvalue weighted by Crippen LogP contribution is 2.30. The molecule has 1 amide bonds. The van der Waals surface area contributed by atoms with Crippen LogP contribution < -0.4 is 5.32 Å². The summed E-state index contributed by atoms with van der Waals surface area (Å²) in [6.45, 7) is 5.47. The van der Waals surface area contributed by atoms with Crippen LogP contribution in [0.4, 0.5) is 0 Å². The summed E-state index contributed by atoms with van der Waals surface area (Å²) in [5, 5.41) is 9.12. The van der Waals surface area contributed by atoms with Gasteiger partial charge in [0.1, 0.15) is 11.5 Å². The Bertz CT molecular complexity index is 1240. The van der Waals surface area contributed by atoms with Crippen LogP contribution in [0.25, 0.3) is 22.4 Å². The second-order valence-corrected chi connectivity index (χ2v) is 8.12. The van der Waals surface area contributed by atoms with Gasteiger partial charge < -0.3 is 19.0 Å². The van der Waals surface area contributed by atoms with Gasteiger partial charge in [-0.15, -0.1) is 11.3 Å². The van der Waals surface area contributed by atoms with Crippen molar-refractivity contribution in [3.63, 3.8) is 0 Å². The molecule has 0 spiro atoms. The molecule has 9 heteroatoms. The van der Waals surface area contributed by atoms with E-state index in [1.807, 2.05) is 37.4 Å². The quantitative estimate of drug-likeness (QED) is 0.434. The lowest BCUT2D eigenvalue weighted by Gasteiger charge is -2.08. The van der Waals surface area contributed by atoms with Gasteiger partial charge in [0, 0.05) is 17.0 Å². The van der Waals surface area contributed by atoms with Crippen LogP contribution in [0.3, 0.4) is 0 Å². The molecule has 4 aromatic heterocycles. The number of ether oxygens (including phenoxy) is 1. The maximum Gasteiger partial charge on any atom is 0.339 e. The Hall–Kier alpha value is -3.46. The van der Waals surface area contributed by atoms with Crippen LogP contribution in [0.2, 0.25) is 0 Å². The van der Waals surface area contributed by atoms with Crippen molar-refractivity contribution in [1.82, 2.24) is 15.5 Å². The molecule has 8 nitrogen and oxygen atoms in total. The average molecular weight is 439 g/mol. The second kappa shape index (κ2) is 8.73. The molecule has 0 aromatic carbocycles. The molecule has 0 unspecified atom stereocenters. The summed E-state index contributed by atoms with van der Waals surface area (Å²) in [6.07, 6.45) is 0.731. The highest BCUT2D eigenvalue weighted by atomic mass is 32.1. The Morgan fingerprint density at radius 2 is 2.06 bits per heavy atom. The van der Waals surface area contributed by atoms with E-state index >= 15 is 0 Å². The summed E-state index contributed by atoms with van der Waals surface area (Å²) < 4.78 is 16.1. The Morgan fingerprint density at radius 1 is 1.23 bits per heavy atom. The van der Waals surface area contributed by atoms with Crippen molar-refractivity contribution in [2.24, 2.45) is 0 Å². The molecule has 1 N–H and O–H groups in total. The average Bonchev–Trinajstić information content (AvgIpc) is 3.46. The molecule has 0 aliphatic carbocycles. The number of esters is 1. The lowest BCUT2D eigenvalue weighted by molar-refractivity contribution is -0.124. The lowest BCUT2D eigenvalue weighted by atomic mass is 10.1. The van der Waals surface area contributed by atoms with Crippen LogP contribution in [0.1, 0.15) is 32.4 Å². The van der Waals surface area contributed by atoms with Crippen molar-refractivity contribution in [2.75, 3.05) is 13.2 Å². The van der Waals surface area contributed by atoms with Gasteiger partial charge >= 0.3 is 5.97 Å². The molecule has 0 fully saturated rings. The van der Waals surface area contributed by atoms with Gasteiger partial charge in [-0.2, -0.15) is 0 Å². The molecule has 0 aliphatic rings. The first-order valence-corrected chi connectivity index (χ1v) is 10.6. The molecular weight excluding hydrogens is 418 g/mol. The van der Waals surface area contributed by atoms with Crippen LogP contribution in [-0.2, 0) is 16.0 Å². The molecule has 160 valence electrons. The molecule has 4 heterocycles. The lowest BCUT2D eigenvalue weighted by Crippen LogP contribution is -2.30. The smallest absolute Gasteiger partial charge is 0.339 e. The second-order valence-electron chi connectivity index (χ2n) is 7.09. The number of hydrogen-bond acceptors (Lipinski definition) is 8. The van der Waals surface area contributed by atoms with Gasteiger partial charge in [-0.25, -0.2) is 9.78 Å². The first kappa shape index (κ1) is 20.8. The van der Waals surface area contributed by atoms with E-state index in [4.69, 9.17) is 13.7 Å². The van der Waals surface area contributed by atoms with Gasteiger partial charge in [0.15, 0.2) is 6.61 Å². The highest BCUT2D eigenvalue weighted by Gasteiger charge is 2.22. The number of amides is 1. The minimum absolute atomic E-state index is 0.223. The first-order chi connectivity index (χ1) is 14.9. The molecule has 0 bridgehead atoms. The standard InChI is InChI=1S/C22H21N3O5S/c1-12-9-16(14(3)29-12)18-10-17(20-13(2)25-30-21(20)24-18)22(27)28-11-19(26)23-7-6-15-5-4-8-31-15/h4-5,8-10H,6-7,11H2,1-3H3,(H,23,26). The predicted molar refractivity (Wildman–Crippen MR) is 115 cm³/mol. The van der Waals surface area contributed by atoms with Crippen LogP contribution in [0.5, 0.6) is 0 Å². The number of hydrogen-bond donors (Lipinski definition) is 1. The summed E-state index contributed by atoms with van der Waals surface area (Å²) in [5.41, 5.74) is 2.23. The Morgan fingerprint density at radius 3 is 2.77 bits per heavy atom. The van der Waals surface area contributed by atoms with Crippen LogP contribution in [0.15, 0.2) is 38.6 Å². The number of aryl methyl sites for hydroxylation is 3. The van der Waals surface area contributed by atoms with Crippen LogP contribution in [0, 0.1) is 20.8 Å². The van der Waals surface area contributed by atoms with E-state index in [2.05, 4.69) is 15.5 Å². The van der Waals surface area contributed by atoms with Crippen molar-refractivity contribution in [2.45, 2.75) is 27.2 Å². The number of pyridine rings is 1. The molecule has 31 heavy (non-hydrogen) atoms. The topological polar surface area (TPSA) is 107 Å². The molecule has 0 atom stereocenters. The highest BCUT2D eigenvalue weighted by molar-refractivity contribution is 7.09. The largest absolute Gasteiger partial charge is 0.466 e. The van der Waals surface area contributed by atoms with Crippen LogP contribution in [-0.4, -0.2) is 35.2 Å². The van der Waals surface area contributed by atoms with Gasteiger partial charge in [0.2, 0.25) is 0 Å². The minimum atomic E-state index is -0.647. The monoisotopic (exact) mass is 439 g/mol. The molecule has 0 saturated carbocycles. The fourth-order valence-corrected chi connectivity index (χ4v) is 4.03. The van der Waals surface area contributed by atoms with Crippen molar-refractivity contribution in [3.05, 3.63) is 57.3 Å². The van der Waals surface area contributed by atoms with Gasteiger partial charge in [-0.05, 0) is 50.8 Å². The molecule has 0 aliphatic heterocycles. The summed E-state index contributed by atoms with van der Waals surface area (Å²) in [4.78, 5) is 30.6. The van der Waals surface area contributed by atoms with Crippen molar-refractivity contribution in [3.8, 4) is 11.3 Å². The van der Waals surface area contributed by atoms with Crippen molar-refractivity contribution < 1.29 is 23.3 Å².